The highest BCUT2D eigenvalue weighted by atomic mass is 16.5. The highest BCUT2D eigenvalue weighted by Gasteiger charge is 2.09. The van der Waals surface area contributed by atoms with Crippen LogP contribution in [0.3, 0.4) is 0 Å². The number of hydrogen-bond donors (Lipinski definition) is 1. The van der Waals surface area contributed by atoms with Gasteiger partial charge in [0.05, 0.1) is 19.7 Å². The number of hydrogen-bond acceptors (Lipinski definition) is 4. The van der Waals surface area contributed by atoms with Crippen LogP contribution in [-0.4, -0.2) is 19.2 Å². The number of anilines is 1. The van der Waals surface area contributed by atoms with E-state index in [-0.39, 0.29) is 0 Å². The summed E-state index contributed by atoms with van der Waals surface area (Å²) in [5.41, 5.74) is 9.63. The summed E-state index contributed by atoms with van der Waals surface area (Å²) >= 11 is 0. The molecule has 1 heterocycles. The first-order valence-corrected chi connectivity index (χ1v) is 6.59. The zero-order valence-corrected chi connectivity index (χ0v) is 12.0. The van der Waals surface area contributed by atoms with Gasteiger partial charge in [-0.3, -0.25) is 4.98 Å². The maximum Gasteiger partial charge on any atom is 0.161 e. The second-order valence-corrected chi connectivity index (χ2v) is 4.70. The lowest BCUT2D eigenvalue weighted by molar-refractivity contribution is 0.355. The number of aromatic nitrogens is 1. The molecule has 0 aliphatic rings. The lowest BCUT2D eigenvalue weighted by Gasteiger charge is -2.11. The molecule has 3 aromatic rings. The van der Waals surface area contributed by atoms with Gasteiger partial charge in [0.1, 0.15) is 0 Å². The molecule has 2 aromatic carbocycles. The van der Waals surface area contributed by atoms with E-state index in [4.69, 9.17) is 15.2 Å². The Bertz CT molecular complexity index is 800. The van der Waals surface area contributed by atoms with E-state index in [2.05, 4.69) is 4.98 Å². The Morgan fingerprint density at radius 3 is 2.48 bits per heavy atom. The minimum atomic E-state index is 0.698. The van der Waals surface area contributed by atoms with Crippen molar-refractivity contribution in [3.05, 3.63) is 48.7 Å². The highest BCUT2D eigenvalue weighted by molar-refractivity contribution is 5.96. The van der Waals surface area contributed by atoms with Crippen LogP contribution in [0, 0.1) is 0 Å². The van der Waals surface area contributed by atoms with E-state index in [1.807, 2.05) is 42.5 Å². The van der Waals surface area contributed by atoms with Crippen LogP contribution in [0.2, 0.25) is 0 Å². The van der Waals surface area contributed by atoms with Gasteiger partial charge in [0.2, 0.25) is 0 Å². The van der Waals surface area contributed by atoms with Crippen molar-refractivity contribution in [3.63, 3.8) is 0 Å². The molecule has 106 valence electrons. The largest absolute Gasteiger partial charge is 0.493 e. The SMILES string of the molecule is COc1ccc(-c2ccnc3ccc(N)cc23)cc1OC. The van der Waals surface area contributed by atoms with Gasteiger partial charge in [-0.2, -0.15) is 0 Å². The molecule has 0 saturated heterocycles. The minimum Gasteiger partial charge on any atom is -0.493 e. The Labute approximate surface area is 123 Å². The molecule has 0 saturated carbocycles. The first-order valence-electron chi connectivity index (χ1n) is 6.59. The third kappa shape index (κ3) is 2.36. The monoisotopic (exact) mass is 280 g/mol. The van der Waals surface area contributed by atoms with E-state index in [1.165, 1.54) is 0 Å². The molecule has 0 bridgehead atoms. The first kappa shape index (κ1) is 13.2. The Hall–Kier alpha value is -2.75. The molecule has 0 radical (unpaired) electrons. The smallest absolute Gasteiger partial charge is 0.161 e. The van der Waals surface area contributed by atoms with Crippen LogP contribution in [0.4, 0.5) is 5.69 Å². The molecule has 0 aliphatic heterocycles. The van der Waals surface area contributed by atoms with Gasteiger partial charge in [-0.15, -0.1) is 0 Å². The molecule has 0 fully saturated rings. The van der Waals surface area contributed by atoms with E-state index in [0.717, 1.165) is 27.7 Å². The fourth-order valence-electron chi connectivity index (χ4n) is 2.42. The van der Waals surface area contributed by atoms with E-state index >= 15 is 0 Å². The Morgan fingerprint density at radius 1 is 0.905 bits per heavy atom. The number of rotatable bonds is 3. The van der Waals surface area contributed by atoms with E-state index in [9.17, 15) is 0 Å². The fourth-order valence-corrected chi connectivity index (χ4v) is 2.42. The molecule has 0 spiro atoms. The number of pyridine rings is 1. The van der Waals surface area contributed by atoms with Gasteiger partial charge < -0.3 is 15.2 Å². The topological polar surface area (TPSA) is 57.4 Å². The van der Waals surface area contributed by atoms with Crippen LogP contribution in [0.5, 0.6) is 11.5 Å². The molecule has 0 unspecified atom stereocenters. The quantitative estimate of drug-likeness (QED) is 0.746. The zero-order valence-electron chi connectivity index (χ0n) is 12.0. The average molecular weight is 280 g/mol. The summed E-state index contributed by atoms with van der Waals surface area (Å²) in [4.78, 5) is 4.37. The second kappa shape index (κ2) is 5.32. The summed E-state index contributed by atoms with van der Waals surface area (Å²) in [5.74, 6) is 1.41. The number of fused-ring (bicyclic) bond motifs is 1. The van der Waals surface area contributed by atoms with Crippen molar-refractivity contribution in [2.45, 2.75) is 0 Å². The van der Waals surface area contributed by atoms with Gasteiger partial charge >= 0.3 is 0 Å². The van der Waals surface area contributed by atoms with Crippen molar-refractivity contribution >= 4 is 16.6 Å². The highest BCUT2D eigenvalue weighted by Crippen LogP contribution is 2.35. The summed E-state index contributed by atoms with van der Waals surface area (Å²) in [5, 5.41) is 1.02. The summed E-state index contributed by atoms with van der Waals surface area (Å²) in [6.07, 6.45) is 1.80. The zero-order chi connectivity index (χ0) is 14.8. The van der Waals surface area contributed by atoms with E-state index < -0.39 is 0 Å². The molecular formula is C17H16N2O2. The van der Waals surface area contributed by atoms with Crippen LogP contribution in [0.1, 0.15) is 0 Å². The molecule has 3 rings (SSSR count). The average Bonchev–Trinajstić information content (AvgIpc) is 2.53. The van der Waals surface area contributed by atoms with Crippen molar-refractivity contribution in [2.75, 3.05) is 20.0 Å². The Morgan fingerprint density at radius 2 is 1.71 bits per heavy atom. The van der Waals surface area contributed by atoms with Crippen LogP contribution >= 0.6 is 0 Å². The summed E-state index contributed by atoms with van der Waals surface area (Å²) in [7, 11) is 3.25. The molecule has 4 heteroatoms. The van der Waals surface area contributed by atoms with Crippen molar-refractivity contribution in [2.24, 2.45) is 0 Å². The van der Waals surface area contributed by atoms with Gasteiger partial charge in [-0.25, -0.2) is 0 Å². The molecule has 4 nitrogen and oxygen atoms in total. The lowest BCUT2D eigenvalue weighted by Crippen LogP contribution is -1.92. The normalized spacial score (nSPS) is 10.6. The predicted octanol–water partition coefficient (Wildman–Crippen LogP) is 3.50. The van der Waals surface area contributed by atoms with Crippen molar-refractivity contribution in [3.8, 4) is 22.6 Å². The molecule has 2 N–H and O–H groups in total. The van der Waals surface area contributed by atoms with Gasteiger partial charge in [-0.1, -0.05) is 6.07 Å². The first-order chi connectivity index (χ1) is 10.2. The molecule has 0 aliphatic carbocycles. The minimum absolute atomic E-state index is 0.698. The molecule has 0 atom stereocenters. The number of methoxy groups -OCH3 is 2. The Kier molecular flexibility index (Phi) is 3.36. The third-order valence-electron chi connectivity index (χ3n) is 3.46. The van der Waals surface area contributed by atoms with Crippen LogP contribution in [0.25, 0.3) is 22.0 Å². The maximum absolute atomic E-state index is 5.90. The molecular weight excluding hydrogens is 264 g/mol. The molecule has 21 heavy (non-hydrogen) atoms. The summed E-state index contributed by atoms with van der Waals surface area (Å²) in [6, 6.07) is 13.5. The molecule has 1 aromatic heterocycles. The van der Waals surface area contributed by atoms with Gasteiger partial charge in [0, 0.05) is 17.3 Å². The predicted molar refractivity (Wildman–Crippen MR) is 84.7 cm³/mol. The molecule has 0 amide bonds. The number of nitrogens with two attached hydrogens (primary N) is 1. The van der Waals surface area contributed by atoms with Crippen LogP contribution in [-0.2, 0) is 0 Å². The summed E-state index contributed by atoms with van der Waals surface area (Å²) < 4.78 is 10.6. The third-order valence-corrected chi connectivity index (χ3v) is 3.46. The van der Waals surface area contributed by atoms with Crippen molar-refractivity contribution < 1.29 is 9.47 Å². The van der Waals surface area contributed by atoms with Gasteiger partial charge in [-0.05, 0) is 47.5 Å². The number of nitrogen functional groups attached to an aromatic ring is 1. The number of ether oxygens (including phenoxy) is 2. The van der Waals surface area contributed by atoms with Gasteiger partial charge in [0.25, 0.3) is 0 Å². The van der Waals surface area contributed by atoms with Gasteiger partial charge in [0.15, 0.2) is 11.5 Å². The number of benzene rings is 2. The summed E-state index contributed by atoms with van der Waals surface area (Å²) in [6.45, 7) is 0. The van der Waals surface area contributed by atoms with Crippen molar-refractivity contribution in [1.82, 2.24) is 4.98 Å². The second-order valence-electron chi connectivity index (χ2n) is 4.70. The standard InChI is InChI=1S/C17H16N2O2/c1-20-16-6-3-11(9-17(16)21-2)13-7-8-19-15-5-4-12(18)10-14(13)15/h3-10H,18H2,1-2H3. The Balaban J connectivity index is 2.23. The number of nitrogens with zero attached hydrogens (tertiary/aromatic N) is 1. The van der Waals surface area contributed by atoms with Crippen molar-refractivity contribution in [1.29, 1.82) is 0 Å². The van der Waals surface area contributed by atoms with Crippen LogP contribution in [0.15, 0.2) is 48.7 Å². The maximum atomic E-state index is 5.90. The van der Waals surface area contributed by atoms with E-state index in [1.54, 1.807) is 20.4 Å². The lowest BCUT2D eigenvalue weighted by atomic mass is 10.0. The van der Waals surface area contributed by atoms with E-state index in [0.29, 0.717) is 11.5 Å². The van der Waals surface area contributed by atoms with Crippen LogP contribution < -0.4 is 15.2 Å². The fraction of sp³-hybridized carbons (Fsp3) is 0.118.